The van der Waals surface area contributed by atoms with Crippen molar-refractivity contribution >= 4 is 27.3 Å². The monoisotopic (exact) mass is 483 g/mol. The minimum absolute atomic E-state index is 0.00154. The summed E-state index contributed by atoms with van der Waals surface area (Å²) in [6.07, 6.45) is 3.57. The van der Waals surface area contributed by atoms with Crippen molar-refractivity contribution in [2.75, 3.05) is 19.6 Å². The van der Waals surface area contributed by atoms with Crippen LogP contribution < -0.4 is 5.32 Å². The van der Waals surface area contributed by atoms with Crippen molar-refractivity contribution in [3.05, 3.63) is 70.0 Å². The predicted octanol–water partition coefficient (Wildman–Crippen LogP) is 4.19. The zero-order chi connectivity index (χ0) is 23.3. The van der Waals surface area contributed by atoms with Gasteiger partial charge in [0.25, 0.3) is 0 Å². The maximum Gasteiger partial charge on any atom is 0.243 e. The first-order valence-corrected chi connectivity index (χ1v) is 13.6. The fourth-order valence-electron chi connectivity index (χ4n) is 3.94. The number of aryl methyl sites for hydroxylation is 2. The van der Waals surface area contributed by atoms with Crippen LogP contribution in [0, 0.1) is 6.92 Å². The Bertz CT molecular complexity index is 1180. The lowest BCUT2D eigenvalue weighted by Gasteiger charge is -2.15. The lowest BCUT2D eigenvalue weighted by Crippen LogP contribution is -2.27. The van der Waals surface area contributed by atoms with E-state index < -0.39 is 10.0 Å². The lowest BCUT2D eigenvalue weighted by molar-refractivity contribution is -0.121. The largest absolute Gasteiger partial charge is 0.356 e. The van der Waals surface area contributed by atoms with E-state index in [9.17, 15) is 13.2 Å². The number of carbonyl (C=O) groups is 1. The van der Waals surface area contributed by atoms with E-state index in [0.717, 1.165) is 41.1 Å². The van der Waals surface area contributed by atoms with Gasteiger partial charge in [-0.15, -0.1) is 11.3 Å². The molecule has 0 bridgehead atoms. The minimum atomic E-state index is -3.39. The molecule has 0 unspecified atom stereocenters. The van der Waals surface area contributed by atoms with Crippen molar-refractivity contribution in [1.82, 2.24) is 14.6 Å². The molecule has 1 aliphatic rings. The van der Waals surface area contributed by atoms with Crippen molar-refractivity contribution in [1.29, 1.82) is 0 Å². The maximum atomic E-state index is 12.6. The smallest absolute Gasteiger partial charge is 0.243 e. The number of rotatable bonds is 9. The molecule has 4 rings (SSSR count). The lowest BCUT2D eigenvalue weighted by atomic mass is 10.1. The summed E-state index contributed by atoms with van der Waals surface area (Å²) in [4.78, 5) is 17.1. The SMILES string of the molecule is Cc1nc(-c2ccc(CCNC(=O)CCc3ccc(S(=O)(=O)N4CCCC4)cc3)cc2)cs1. The molecule has 1 aliphatic heterocycles. The fraction of sp³-hybridized carbons (Fsp3) is 0.360. The number of carbonyl (C=O) groups excluding carboxylic acids is 1. The van der Waals surface area contributed by atoms with Crippen molar-refractivity contribution < 1.29 is 13.2 Å². The van der Waals surface area contributed by atoms with E-state index in [1.54, 1.807) is 27.8 Å². The molecular formula is C25H29N3O3S2. The summed E-state index contributed by atoms with van der Waals surface area (Å²) in [5.74, 6) is -0.00154. The fourth-order valence-corrected chi connectivity index (χ4v) is 6.08. The van der Waals surface area contributed by atoms with Gasteiger partial charge in [0.05, 0.1) is 15.6 Å². The standard InChI is InChI=1S/C25H29N3O3S2/c1-19-27-24(18-32-19)22-9-4-21(5-10-22)14-15-26-25(29)13-8-20-6-11-23(12-7-20)33(30,31)28-16-2-3-17-28/h4-7,9-12,18H,2-3,8,13-17H2,1H3,(H,26,29). The molecule has 8 heteroatoms. The highest BCUT2D eigenvalue weighted by Gasteiger charge is 2.26. The Labute approximate surface area is 199 Å². The van der Waals surface area contributed by atoms with Gasteiger partial charge in [-0.3, -0.25) is 4.79 Å². The van der Waals surface area contributed by atoms with E-state index in [1.165, 1.54) is 5.56 Å². The number of hydrogen-bond donors (Lipinski definition) is 1. The van der Waals surface area contributed by atoms with Crippen LogP contribution in [0.25, 0.3) is 11.3 Å². The average Bonchev–Trinajstić information content (AvgIpc) is 3.51. The Hall–Kier alpha value is -2.55. The molecule has 1 amide bonds. The number of aromatic nitrogens is 1. The maximum absolute atomic E-state index is 12.6. The van der Waals surface area contributed by atoms with Gasteiger partial charge >= 0.3 is 0 Å². The van der Waals surface area contributed by atoms with Gasteiger partial charge in [-0.1, -0.05) is 36.4 Å². The average molecular weight is 484 g/mol. The molecule has 0 spiro atoms. The summed E-state index contributed by atoms with van der Waals surface area (Å²) >= 11 is 1.64. The molecule has 2 heterocycles. The molecule has 33 heavy (non-hydrogen) atoms. The number of nitrogens with one attached hydrogen (secondary N) is 1. The molecule has 0 aliphatic carbocycles. The predicted molar refractivity (Wildman–Crippen MR) is 132 cm³/mol. The molecule has 1 fully saturated rings. The molecular weight excluding hydrogens is 454 g/mol. The van der Waals surface area contributed by atoms with Gasteiger partial charge in [-0.05, 0) is 55.9 Å². The zero-order valence-corrected chi connectivity index (χ0v) is 20.4. The van der Waals surface area contributed by atoms with Crippen molar-refractivity contribution in [2.24, 2.45) is 0 Å². The Morgan fingerprint density at radius 3 is 2.27 bits per heavy atom. The molecule has 0 atom stereocenters. The summed E-state index contributed by atoms with van der Waals surface area (Å²) in [6.45, 7) is 3.78. The first kappa shape index (κ1) is 23.6. The van der Waals surface area contributed by atoms with Crippen LogP contribution in [0.15, 0.2) is 58.8 Å². The third-order valence-corrected chi connectivity index (χ3v) is 8.56. The first-order chi connectivity index (χ1) is 15.9. The van der Waals surface area contributed by atoms with Gasteiger partial charge in [0.15, 0.2) is 0 Å². The highest BCUT2D eigenvalue weighted by atomic mass is 32.2. The number of thiazole rings is 1. The van der Waals surface area contributed by atoms with Crippen molar-refractivity contribution in [2.45, 2.75) is 43.9 Å². The molecule has 1 N–H and O–H groups in total. The minimum Gasteiger partial charge on any atom is -0.356 e. The zero-order valence-electron chi connectivity index (χ0n) is 18.8. The Kier molecular flexibility index (Phi) is 7.57. The van der Waals surface area contributed by atoms with Crippen LogP contribution >= 0.6 is 11.3 Å². The van der Waals surface area contributed by atoms with Crippen LogP contribution in [0.2, 0.25) is 0 Å². The summed E-state index contributed by atoms with van der Waals surface area (Å²) in [5.41, 5.74) is 4.23. The summed E-state index contributed by atoms with van der Waals surface area (Å²) in [5, 5.41) is 6.09. The molecule has 0 saturated carbocycles. The van der Waals surface area contributed by atoms with E-state index in [2.05, 4.69) is 39.9 Å². The van der Waals surface area contributed by atoms with E-state index in [0.29, 0.717) is 37.4 Å². The van der Waals surface area contributed by atoms with E-state index >= 15 is 0 Å². The van der Waals surface area contributed by atoms with E-state index in [-0.39, 0.29) is 5.91 Å². The van der Waals surface area contributed by atoms with Crippen LogP contribution in [0.1, 0.15) is 35.4 Å². The normalized spacial score (nSPS) is 14.5. The number of sulfonamides is 1. The second-order valence-corrected chi connectivity index (χ2v) is 11.3. The van der Waals surface area contributed by atoms with Gasteiger partial charge in [-0.2, -0.15) is 4.31 Å². The molecule has 3 aromatic rings. The highest BCUT2D eigenvalue weighted by molar-refractivity contribution is 7.89. The second-order valence-electron chi connectivity index (χ2n) is 8.30. The van der Waals surface area contributed by atoms with Gasteiger partial charge < -0.3 is 5.32 Å². The van der Waals surface area contributed by atoms with Crippen LogP contribution in [0.3, 0.4) is 0 Å². The summed E-state index contributed by atoms with van der Waals surface area (Å²) in [6, 6.07) is 15.2. The van der Waals surface area contributed by atoms with Crippen LogP contribution in [-0.2, 0) is 27.7 Å². The van der Waals surface area contributed by atoms with Crippen LogP contribution in [-0.4, -0.2) is 43.2 Å². The van der Waals surface area contributed by atoms with Crippen LogP contribution in [0.5, 0.6) is 0 Å². The molecule has 6 nitrogen and oxygen atoms in total. The number of nitrogens with zero attached hydrogens (tertiary/aromatic N) is 2. The molecule has 1 saturated heterocycles. The highest BCUT2D eigenvalue weighted by Crippen LogP contribution is 2.22. The van der Waals surface area contributed by atoms with Crippen molar-refractivity contribution in [3.63, 3.8) is 0 Å². The van der Waals surface area contributed by atoms with Crippen LogP contribution in [0.4, 0.5) is 0 Å². The summed E-state index contributed by atoms with van der Waals surface area (Å²) < 4.78 is 26.7. The Balaban J connectivity index is 1.20. The third-order valence-electron chi connectivity index (χ3n) is 5.87. The molecule has 0 radical (unpaired) electrons. The topological polar surface area (TPSA) is 79.4 Å². The number of hydrogen-bond acceptors (Lipinski definition) is 5. The Morgan fingerprint density at radius 2 is 1.64 bits per heavy atom. The first-order valence-electron chi connectivity index (χ1n) is 11.3. The third kappa shape index (κ3) is 6.07. The summed E-state index contributed by atoms with van der Waals surface area (Å²) in [7, 11) is -3.39. The quantitative estimate of drug-likeness (QED) is 0.495. The molecule has 174 valence electrons. The van der Waals surface area contributed by atoms with Gasteiger partial charge in [-0.25, -0.2) is 13.4 Å². The van der Waals surface area contributed by atoms with Crippen molar-refractivity contribution in [3.8, 4) is 11.3 Å². The molecule has 1 aromatic heterocycles. The Morgan fingerprint density at radius 1 is 1.00 bits per heavy atom. The van der Waals surface area contributed by atoms with Gasteiger partial charge in [0.1, 0.15) is 0 Å². The number of benzene rings is 2. The van der Waals surface area contributed by atoms with Gasteiger partial charge in [0, 0.05) is 37.0 Å². The molecule has 2 aromatic carbocycles. The van der Waals surface area contributed by atoms with E-state index in [4.69, 9.17) is 0 Å². The van der Waals surface area contributed by atoms with E-state index in [1.807, 2.05) is 19.1 Å². The second kappa shape index (κ2) is 10.6. The number of amides is 1. The van der Waals surface area contributed by atoms with Gasteiger partial charge in [0.2, 0.25) is 15.9 Å².